The maximum absolute atomic E-state index is 5.53. The summed E-state index contributed by atoms with van der Waals surface area (Å²) < 4.78 is 5.53. The number of ether oxygens (including phenoxy) is 1. The lowest BCUT2D eigenvalue weighted by Gasteiger charge is -2.35. The van der Waals surface area contributed by atoms with E-state index in [2.05, 4.69) is 58.3 Å². The van der Waals surface area contributed by atoms with Crippen LogP contribution in [-0.2, 0) is 11.3 Å². The number of guanidine groups is 1. The van der Waals surface area contributed by atoms with Crippen molar-refractivity contribution in [3.05, 3.63) is 23.9 Å². The fraction of sp³-hybridized carbons (Fsp3) is 0.750. The SMILES string of the molecule is CN=C(NCc1ccc(N2CCC(C)CC2)nc1)NCC(CC(C)C)N1CCOCC1.I. The number of nitrogens with zero attached hydrogens (tertiary/aromatic N) is 4. The van der Waals surface area contributed by atoms with E-state index in [-0.39, 0.29) is 24.0 Å². The molecule has 0 bridgehead atoms. The Balaban J connectivity index is 0.00000363. The van der Waals surface area contributed by atoms with E-state index in [1.54, 1.807) is 0 Å². The van der Waals surface area contributed by atoms with Crippen molar-refractivity contribution in [3.8, 4) is 0 Å². The highest BCUT2D eigenvalue weighted by atomic mass is 127. The first kappa shape index (κ1) is 27.1. The number of halogens is 1. The molecule has 1 aromatic rings. The molecule has 2 aliphatic rings. The van der Waals surface area contributed by atoms with Gasteiger partial charge in [-0.2, -0.15) is 0 Å². The lowest BCUT2D eigenvalue weighted by atomic mass is 9.99. The molecule has 7 nitrogen and oxygen atoms in total. The highest BCUT2D eigenvalue weighted by molar-refractivity contribution is 14.0. The van der Waals surface area contributed by atoms with Crippen LogP contribution in [0.25, 0.3) is 0 Å². The third kappa shape index (κ3) is 8.67. The van der Waals surface area contributed by atoms with Crippen LogP contribution in [0, 0.1) is 11.8 Å². The van der Waals surface area contributed by atoms with Gasteiger partial charge in [0.25, 0.3) is 0 Å². The van der Waals surface area contributed by atoms with Crippen LogP contribution in [0.1, 0.15) is 45.6 Å². The Kier molecular flexibility index (Phi) is 12.0. The average Bonchev–Trinajstić information content (AvgIpc) is 2.79. The van der Waals surface area contributed by atoms with Gasteiger partial charge in [-0.1, -0.05) is 26.8 Å². The molecule has 2 aliphatic heterocycles. The van der Waals surface area contributed by atoms with Gasteiger partial charge < -0.3 is 20.3 Å². The second kappa shape index (κ2) is 14.2. The largest absolute Gasteiger partial charge is 0.379 e. The zero-order valence-electron chi connectivity index (χ0n) is 20.3. The Labute approximate surface area is 211 Å². The Morgan fingerprint density at radius 2 is 1.88 bits per heavy atom. The smallest absolute Gasteiger partial charge is 0.191 e. The van der Waals surface area contributed by atoms with Crippen molar-refractivity contribution in [1.29, 1.82) is 0 Å². The van der Waals surface area contributed by atoms with Crippen molar-refractivity contribution in [2.45, 2.75) is 52.6 Å². The molecule has 0 saturated carbocycles. The van der Waals surface area contributed by atoms with E-state index in [1.807, 2.05) is 13.2 Å². The number of hydrogen-bond acceptors (Lipinski definition) is 5. The molecule has 3 rings (SSSR count). The summed E-state index contributed by atoms with van der Waals surface area (Å²) in [5.74, 6) is 3.44. The van der Waals surface area contributed by atoms with Crippen LogP contribution >= 0.6 is 24.0 Å². The minimum absolute atomic E-state index is 0. The number of aliphatic imine (C=N–C) groups is 1. The van der Waals surface area contributed by atoms with Crippen molar-refractivity contribution in [2.24, 2.45) is 16.8 Å². The van der Waals surface area contributed by atoms with Gasteiger partial charge in [0.1, 0.15) is 5.82 Å². The Morgan fingerprint density at radius 3 is 2.47 bits per heavy atom. The molecule has 0 radical (unpaired) electrons. The van der Waals surface area contributed by atoms with E-state index in [1.165, 1.54) is 24.8 Å². The predicted octanol–water partition coefficient (Wildman–Crippen LogP) is 3.35. The first-order chi connectivity index (χ1) is 15.0. The van der Waals surface area contributed by atoms with Gasteiger partial charge in [-0.15, -0.1) is 24.0 Å². The maximum atomic E-state index is 5.53. The molecule has 1 unspecified atom stereocenters. The van der Waals surface area contributed by atoms with Crippen molar-refractivity contribution < 1.29 is 4.74 Å². The molecule has 0 spiro atoms. The summed E-state index contributed by atoms with van der Waals surface area (Å²) >= 11 is 0. The molecule has 0 aromatic carbocycles. The van der Waals surface area contributed by atoms with Gasteiger partial charge in [0.05, 0.1) is 13.2 Å². The molecule has 1 atom stereocenters. The normalized spacial score (nSPS) is 19.5. The van der Waals surface area contributed by atoms with Gasteiger partial charge in [0.2, 0.25) is 0 Å². The van der Waals surface area contributed by atoms with Crippen LogP contribution in [-0.4, -0.2) is 74.9 Å². The van der Waals surface area contributed by atoms with Gasteiger partial charge in [-0.05, 0) is 42.7 Å². The minimum Gasteiger partial charge on any atom is -0.379 e. The van der Waals surface area contributed by atoms with E-state index in [4.69, 9.17) is 9.72 Å². The van der Waals surface area contributed by atoms with Crippen LogP contribution < -0.4 is 15.5 Å². The maximum Gasteiger partial charge on any atom is 0.191 e. The molecule has 2 saturated heterocycles. The molecule has 2 fully saturated rings. The third-order valence-electron chi connectivity index (χ3n) is 6.41. The summed E-state index contributed by atoms with van der Waals surface area (Å²) in [6, 6.07) is 4.83. The van der Waals surface area contributed by atoms with Crippen LogP contribution in [0.15, 0.2) is 23.3 Å². The summed E-state index contributed by atoms with van der Waals surface area (Å²) in [5, 5.41) is 6.98. The summed E-state index contributed by atoms with van der Waals surface area (Å²) in [6.07, 6.45) is 5.68. The number of hydrogen-bond donors (Lipinski definition) is 2. The molecule has 3 heterocycles. The third-order valence-corrected chi connectivity index (χ3v) is 6.41. The lowest BCUT2D eigenvalue weighted by Crippen LogP contribution is -2.50. The molecule has 2 N–H and O–H groups in total. The molecule has 8 heteroatoms. The van der Waals surface area contributed by atoms with Gasteiger partial charge in [0, 0.05) is 58.6 Å². The fourth-order valence-electron chi connectivity index (χ4n) is 4.42. The number of piperidine rings is 1. The topological polar surface area (TPSA) is 65.0 Å². The van der Waals surface area contributed by atoms with Crippen LogP contribution in [0.3, 0.4) is 0 Å². The molecule has 0 aliphatic carbocycles. The number of morpholine rings is 1. The zero-order chi connectivity index (χ0) is 22.1. The van der Waals surface area contributed by atoms with Crippen molar-refractivity contribution in [2.75, 3.05) is 57.9 Å². The molecule has 182 valence electrons. The Morgan fingerprint density at radius 1 is 1.16 bits per heavy atom. The van der Waals surface area contributed by atoms with Crippen molar-refractivity contribution >= 4 is 35.8 Å². The summed E-state index contributed by atoms with van der Waals surface area (Å²) in [5.41, 5.74) is 1.17. The number of aromatic nitrogens is 1. The zero-order valence-corrected chi connectivity index (χ0v) is 22.7. The summed E-state index contributed by atoms with van der Waals surface area (Å²) in [4.78, 5) is 14.1. The first-order valence-electron chi connectivity index (χ1n) is 12.0. The minimum atomic E-state index is 0. The number of nitrogens with one attached hydrogen (secondary N) is 2. The Hall–Kier alpha value is -1.13. The molecular formula is C24H43IN6O. The highest BCUT2D eigenvalue weighted by Crippen LogP contribution is 2.21. The molecule has 0 amide bonds. The Bertz CT molecular complexity index is 670. The van der Waals surface area contributed by atoms with Gasteiger partial charge in [-0.25, -0.2) is 4.98 Å². The summed E-state index contributed by atoms with van der Waals surface area (Å²) in [7, 11) is 1.83. The molecular weight excluding hydrogens is 515 g/mol. The monoisotopic (exact) mass is 558 g/mol. The van der Waals surface area contributed by atoms with Crippen LogP contribution in [0.2, 0.25) is 0 Å². The second-order valence-corrected chi connectivity index (χ2v) is 9.43. The van der Waals surface area contributed by atoms with Gasteiger partial charge >= 0.3 is 0 Å². The standard InChI is InChI=1S/C24H42N6O.HI/c1-19(2)15-22(29-11-13-31-14-12-29)18-28-24(25-4)27-17-21-5-6-23(26-16-21)30-9-7-20(3)8-10-30;/h5-6,16,19-20,22H,7-15,17-18H2,1-4H3,(H2,25,27,28);1H. The van der Waals surface area contributed by atoms with Crippen LogP contribution in [0.4, 0.5) is 5.82 Å². The van der Waals surface area contributed by atoms with E-state index in [0.29, 0.717) is 12.0 Å². The van der Waals surface area contributed by atoms with E-state index in [0.717, 1.165) is 70.2 Å². The van der Waals surface area contributed by atoms with Crippen molar-refractivity contribution in [1.82, 2.24) is 20.5 Å². The quantitative estimate of drug-likeness (QED) is 0.290. The number of anilines is 1. The lowest BCUT2D eigenvalue weighted by molar-refractivity contribution is 0.0132. The predicted molar refractivity (Wildman–Crippen MR) is 144 cm³/mol. The van der Waals surface area contributed by atoms with Crippen LogP contribution in [0.5, 0.6) is 0 Å². The molecule has 32 heavy (non-hydrogen) atoms. The fourth-order valence-corrected chi connectivity index (χ4v) is 4.42. The van der Waals surface area contributed by atoms with E-state index >= 15 is 0 Å². The van der Waals surface area contributed by atoms with Gasteiger partial charge in [0.15, 0.2) is 5.96 Å². The second-order valence-electron chi connectivity index (χ2n) is 9.43. The van der Waals surface area contributed by atoms with Crippen molar-refractivity contribution in [3.63, 3.8) is 0 Å². The molecule has 1 aromatic heterocycles. The van der Waals surface area contributed by atoms with E-state index in [9.17, 15) is 0 Å². The average molecular weight is 559 g/mol. The van der Waals surface area contributed by atoms with E-state index < -0.39 is 0 Å². The number of pyridine rings is 1. The first-order valence-corrected chi connectivity index (χ1v) is 12.0. The number of rotatable bonds is 8. The summed E-state index contributed by atoms with van der Waals surface area (Å²) in [6.45, 7) is 14.5. The highest BCUT2D eigenvalue weighted by Gasteiger charge is 2.22. The van der Waals surface area contributed by atoms with Gasteiger partial charge in [-0.3, -0.25) is 9.89 Å².